The predicted molar refractivity (Wildman–Crippen MR) is 74.9 cm³/mol. The van der Waals surface area contributed by atoms with Crippen LogP contribution in [-0.4, -0.2) is 72.9 Å². The summed E-state index contributed by atoms with van der Waals surface area (Å²) in [6.07, 6.45) is -3.36. The second-order valence-corrected chi connectivity index (χ2v) is 5.05. The fraction of sp³-hybridized carbons (Fsp3) is 0.462. The number of aromatic nitrogens is 3. The van der Waals surface area contributed by atoms with Gasteiger partial charge in [-0.05, 0) is 12.1 Å². The highest BCUT2D eigenvalue weighted by atomic mass is 16.6. The van der Waals surface area contributed by atoms with E-state index in [1.165, 1.54) is 0 Å². The number of anilines is 1. The Balaban J connectivity index is 1.73. The van der Waals surface area contributed by atoms with Gasteiger partial charge in [0.25, 0.3) is 5.89 Å². The van der Waals surface area contributed by atoms with Crippen LogP contribution in [0.4, 0.5) is 6.01 Å². The molecule has 0 amide bonds. The number of ether oxygens (including phenoxy) is 1. The first kappa shape index (κ1) is 15.8. The van der Waals surface area contributed by atoms with Crippen LogP contribution < -0.4 is 5.32 Å². The number of hydrogen-bond acceptors (Lipinski definition) is 10. The number of aliphatic hydroxyl groups is 4. The summed E-state index contributed by atoms with van der Waals surface area (Å²) in [6, 6.07) is 3.40. The average molecular weight is 324 g/mol. The van der Waals surface area contributed by atoms with Crippen molar-refractivity contribution in [1.82, 2.24) is 15.2 Å². The van der Waals surface area contributed by atoms with E-state index in [4.69, 9.17) is 14.3 Å². The second-order valence-electron chi connectivity index (χ2n) is 5.05. The van der Waals surface area contributed by atoms with Crippen molar-refractivity contribution in [3.8, 4) is 11.5 Å². The van der Waals surface area contributed by atoms with Crippen LogP contribution in [0, 0.1) is 0 Å². The molecule has 3 rings (SSSR count). The van der Waals surface area contributed by atoms with Gasteiger partial charge < -0.3 is 34.9 Å². The van der Waals surface area contributed by atoms with Gasteiger partial charge >= 0.3 is 6.01 Å². The summed E-state index contributed by atoms with van der Waals surface area (Å²) in [4.78, 5) is 3.94. The van der Waals surface area contributed by atoms with Gasteiger partial charge in [-0.25, -0.2) is 0 Å². The Morgan fingerprint density at radius 2 is 1.96 bits per heavy atom. The number of aliphatic hydroxyl groups excluding tert-OH is 4. The molecule has 10 nitrogen and oxygen atoms in total. The normalized spacial score (nSPS) is 31.0. The van der Waals surface area contributed by atoms with Crippen LogP contribution in [0.5, 0.6) is 0 Å². The minimum absolute atomic E-state index is 0.0480. The molecule has 1 aliphatic heterocycles. The molecular weight excluding hydrogens is 308 g/mol. The molecule has 1 fully saturated rings. The zero-order valence-electron chi connectivity index (χ0n) is 11.9. The van der Waals surface area contributed by atoms with Gasteiger partial charge in [-0.2, -0.15) is 0 Å². The molecule has 10 heteroatoms. The SMILES string of the molecule is OC[C@H]1O[C@@H](Nc2nnc(-c3cccnc3)o2)[C@H](O)[C@@H](O)[C@@H]1O. The lowest BCUT2D eigenvalue weighted by Crippen LogP contribution is -2.60. The van der Waals surface area contributed by atoms with E-state index in [-0.39, 0.29) is 11.9 Å². The lowest BCUT2D eigenvalue weighted by atomic mass is 9.98. The Labute approximate surface area is 130 Å². The van der Waals surface area contributed by atoms with Crippen LogP contribution in [0.15, 0.2) is 28.9 Å². The zero-order chi connectivity index (χ0) is 16.4. The van der Waals surface area contributed by atoms with Crippen LogP contribution in [0.1, 0.15) is 0 Å². The molecule has 124 valence electrons. The quantitative estimate of drug-likeness (QED) is 0.441. The van der Waals surface area contributed by atoms with Crippen molar-refractivity contribution in [2.75, 3.05) is 11.9 Å². The van der Waals surface area contributed by atoms with Gasteiger partial charge in [0, 0.05) is 12.4 Å². The van der Waals surface area contributed by atoms with Gasteiger partial charge in [0.15, 0.2) is 6.23 Å². The number of pyridine rings is 1. The molecule has 0 spiro atoms. The van der Waals surface area contributed by atoms with Crippen LogP contribution in [0.3, 0.4) is 0 Å². The van der Waals surface area contributed by atoms with Crippen molar-refractivity contribution in [1.29, 1.82) is 0 Å². The first-order valence-electron chi connectivity index (χ1n) is 6.91. The summed E-state index contributed by atoms with van der Waals surface area (Å²) in [7, 11) is 0. The maximum absolute atomic E-state index is 9.93. The van der Waals surface area contributed by atoms with E-state index in [0.717, 1.165) is 0 Å². The molecule has 0 aliphatic carbocycles. The Kier molecular flexibility index (Phi) is 4.50. The van der Waals surface area contributed by atoms with Gasteiger partial charge in [-0.15, -0.1) is 5.10 Å². The molecular formula is C13H16N4O6. The van der Waals surface area contributed by atoms with Crippen molar-refractivity contribution < 1.29 is 29.6 Å². The van der Waals surface area contributed by atoms with Crippen LogP contribution >= 0.6 is 0 Å². The molecule has 1 aliphatic rings. The highest BCUT2D eigenvalue weighted by Gasteiger charge is 2.43. The third-order valence-electron chi connectivity index (χ3n) is 3.49. The summed E-state index contributed by atoms with van der Waals surface area (Å²) in [5.74, 6) is 0.213. The first-order chi connectivity index (χ1) is 11.1. The zero-order valence-corrected chi connectivity index (χ0v) is 11.9. The Morgan fingerprint density at radius 3 is 2.65 bits per heavy atom. The molecule has 3 heterocycles. The number of nitrogens with zero attached hydrogens (tertiary/aromatic N) is 3. The van der Waals surface area contributed by atoms with Gasteiger partial charge in [-0.3, -0.25) is 4.98 Å². The highest BCUT2D eigenvalue weighted by molar-refractivity contribution is 5.51. The summed E-state index contributed by atoms with van der Waals surface area (Å²) < 4.78 is 10.7. The van der Waals surface area contributed by atoms with Gasteiger partial charge in [-0.1, -0.05) is 5.10 Å². The van der Waals surface area contributed by atoms with Crippen molar-refractivity contribution in [3.63, 3.8) is 0 Å². The maximum atomic E-state index is 9.93. The summed E-state index contributed by atoms with van der Waals surface area (Å²) >= 11 is 0. The Morgan fingerprint density at radius 1 is 1.13 bits per heavy atom. The van der Waals surface area contributed by atoms with Crippen molar-refractivity contribution in [2.45, 2.75) is 30.6 Å². The predicted octanol–water partition coefficient (Wildman–Crippen LogP) is -1.66. The molecule has 1 saturated heterocycles. The Hall–Kier alpha value is -2.11. The molecule has 2 aromatic rings. The van der Waals surface area contributed by atoms with Crippen LogP contribution in [0.2, 0.25) is 0 Å². The molecule has 5 atom stereocenters. The van der Waals surface area contributed by atoms with Crippen molar-refractivity contribution in [3.05, 3.63) is 24.5 Å². The van der Waals surface area contributed by atoms with E-state index in [1.54, 1.807) is 24.5 Å². The fourth-order valence-corrected chi connectivity index (χ4v) is 2.23. The van der Waals surface area contributed by atoms with Crippen LogP contribution in [0.25, 0.3) is 11.5 Å². The third kappa shape index (κ3) is 3.16. The molecule has 0 bridgehead atoms. The Bertz CT molecular complexity index is 636. The van der Waals surface area contributed by atoms with Crippen molar-refractivity contribution in [2.24, 2.45) is 0 Å². The average Bonchev–Trinajstić information content (AvgIpc) is 3.05. The van der Waals surface area contributed by atoms with Gasteiger partial charge in [0.2, 0.25) is 0 Å². The third-order valence-corrected chi connectivity index (χ3v) is 3.49. The smallest absolute Gasteiger partial charge is 0.317 e. The van der Waals surface area contributed by atoms with Gasteiger partial charge in [0.1, 0.15) is 24.4 Å². The second kappa shape index (κ2) is 6.56. The standard InChI is InChI=1S/C13H16N4O6/c18-5-7-8(19)9(20)10(21)12(22-7)15-13-17-16-11(23-13)6-2-1-3-14-4-6/h1-4,7-10,12,18-21H,5H2,(H,15,17)/t7-,8-,9+,10-,12-/m1/s1. The van der Waals surface area contributed by atoms with Crippen molar-refractivity contribution >= 4 is 6.01 Å². The molecule has 0 unspecified atom stereocenters. The molecule has 0 radical (unpaired) electrons. The minimum Gasteiger partial charge on any atom is -0.403 e. The number of nitrogens with one attached hydrogen (secondary N) is 1. The summed E-state index contributed by atoms with van der Waals surface area (Å²) in [5, 5.41) is 48.7. The lowest BCUT2D eigenvalue weighted by molar-refractivity contribution is -0.222. The highest BCUT2D eigenvalue weighted by Crippen LogP contribution is 2.24. The van der Waals surface area contributed by atoms with E-state index >= 15 is 0 Å². The van der Waals surface area contributed by atoms with E-state index < -0.39 is 37.3 Å². The molecule has 0 saturated carbocycles. The maximum Gasteiger partial charge on any atom is 0.317 e. The summed E-state index contributed by atoms with van der Waals surface area (Å²) in [5.41, 5.74) is 0.613. The lowest BCUT2D eigenvalue weighted by Gasteiger charge is -2.39. The summed E-state index contributed by atoms with van der Waals surface area (Å²) in [6.45, 7) is -0.520. The van der Waals surface area contributed by atoms with E-state index in [0.29, 0.717) is 5.56 Å². The van der Waals surface area contributed by atoms with Crippen LogP contribution in [-0.2, 0) is 4.74 Å². The molecule has 0 aromatic carbocycles. The monoisotopic (exact) mass is 324 g/mol. The molecule has 2 aromatic heterocycles. The largest absolute Gasteiger partial charge is 0.403 e. The van der Waals surface area contributed by atoms with Gasteiger partial charge in [0.05, 0.1) is 12.2 Å². The number of rotatable bonds is 4. The van der Waals surface area contributed by atoms with E-state index in [1.807, 2.05) is 0 Å². The topological polar surface area (TPSA) is 154 Å². The first-order valence-corrected chi connectivity index (χ1v) is 6.91. The fourth-order valence-electron chi connectivity index (χ4n) is 2.23. The molecule has 23 heavy (non-hydrogen) atoms. The minimum atomic E-state index is -1.49. The van der Waals surface area contributed by atoms with E-state index in [2.05, 4.69) is 20.5 Å². The van der Waals surface area contributed by atoms with E-state index in [9.17, 15) is 15.3 Å². The number of hydrogen-bond donors (Lipinski definition) is 5. The molecule has 5 N–H and O–H groups in total.